The van der Waals surface area contributed by atoms with Crippen molar-refractivity contribution in [2.24, 2.45) is 5.73 Å². The number of carbonyl (C=O) groups excluding carboxylic acids is 1. The lowest BCUT2D eigenvalue weighted by Crippen LogP contribution is -2.23. The summed E-state index contributed by atoms with van der Waals surface area (Å²) in [7, 11) is 3.44. The van der Waals surface area contributed by atoms with Gasteiger partial charge < -0.3 is 25.4 Å². The minimum absolute atomic E-state index is 0.0458. The number of hydrogen-bond donors (Lipinski definition) is 3. The van der Waals surface area contributed by atoms with Crippen molar-refractivity contribution in [3.05, 3.63) is 114 Å². The Bertz CT molecular complexity index is 1270. The molecule has 0 bridgehead atoms. The number of ether oxygens (including phenoxy) is 1. The van der Waals surface area contributed by atoms with E-state index in [0.717, 1.165) is 16.7 Å². The highest BCUT2D eigenvalue weighted by atomic mass is 16.5. The first kappa shape index (κ1) is 22.7. The quantitative estimate of drug-likeness (QED) is 0.378. The monoisotopic (exact) mass is 454 g/mol. The van der Waals surface area contributed by atoms with Crippen LogP contribution in [0.4, 0.5) is 0 Å². The molecular formula is C27H26N4O3. The largest absolute Gasteiger partial charge is 0.507 e. The van der Waals surface area contributed by atoms with E-state index in [0.29, 0.717) is 16.7 Å². The summed E-state index contributed by atoms with van der Waals surface area (Å²) < 4.78 is 5.24. The van der Waals surface area contributed by atoms with Gasteiger partial charge in [0.2, 0.25) is 0 Å². The van der Waals surface area contributed by atoms with E-state index in [2.05, 4.69) is 0 Å². The van der Waals surface area contributed by atoms with Crippen LogP contribution in [-0.2, 0) is 4.74 Å². The molecule has 1 aliphatic heterocycles. The van der Waals surface area contributed by atoms with Crippen LogP contribution in [0.1, 0.15) is 33.1 Å². The predicted octanol–water partition coefficient (Wildman–Crippen LogP) is 4.41. The molecule has 3 aromatic carbocycles. The summed E-state index contributed by atoms with van der Waals surface area (Å²) in [6, 6.07) is 19.7. The average molecular weight is 455 g/mol. The zero-order valence-corrected chi connectivity index (χ0v) is 19.0. The highest BCUT2D eigenvalue weighted by Gasteiger charge is 2.25. The topological polar surface area (TPSA) is 103 Å². The molecule has 0 aliphatic carbocycles. The molecule has 1 aliphatic rings. The number of nitrogens with one attached hydrogen (secondary N) is 1. The zero-order valence-electron chi connectivity index (χ0n) is 19.0. The molecule has 1 heterocycles. The van der Waals surface area contributed by atoms with Gasteiger partial charge in [0.05, 0.1) is 6.04 Å². The van der Waals surface area contributed by atoms with E-state index in [9.17, 15) is 9.90 Å². The van der Waals surface area contributed by atoms with Crippen LogP contribution in [0, 0.1) is 5.41 Å². The Morgan fingerprint density at radius 3 is 2.32 bits per heavy atom. The van der Waals surface area contributed by atoms with Crippen molar-refractivity contribution in [3.63, 3.8) is 0 Å². The van der Waals surface area contributed by atoms with Crippen molar-refractivity contribution < 1.29 is 14.6 Å². The van der Waals surface area contributed by atoms with Crippen LogP contribution in [-0.4, -0.2) is 40.7 Å². The molecule has 1 amide bonds. The maximum absolute atomic E-state index is 12.4. The summed E-state index contributed by atoms with van der Waals surface area (Å²) in [5, 5.41) is 18.7. The zero-order chi connectivity index (χ0) is 24.2. The fourth-order valence-electron chi connectivity index (χ4n) is 4.00. The first-order valence-electron chi connectivity index (χ1n) is 10.7. The van der Waals surface area contributed by atoms with Gasteiger partial charge in [0.15, 0.2) is 0 Å². The molecule has 3 aromatic rings. The maximum atomic E-state index is 12.4. The van der Waals surface area contributed by atoms with Gasteiger partial charge in [0.25, 0.3) is 5.91 Å². The van der Waals surface area contributed by atoms with Gasteiger partial charge >= 0.3 is 0 Å². The molecule has 4 N–H and O–H groups in total. The SMILES string of the molecule is CN(C)C(=O)c1ccc(C(c2cccc(O)c2-c2cccc(C(=N)N)c2)N2C=COC=C2)cc1. The van der Waals surface area contributed by atoms with Crippen LogP contribution >= 0.6 is 0 Å². The predicted molar refractivity (Wildman–Crippen MR) is 132 cm³/mol. The van der Waals surface area contributed by atoms with Crippen molar-refractivity contribution in [1.29, 1.82) is 5.41 Å². The number of amidine groups is 1. The van der Waals surface area contributed by atoms with E-state index in [1.54, 1.807) is 63.0 Å². The van der Waals surface area contributed by atoms with Crippen molar-refractivity contribution in [1.82, 2.24) is 9.80 Å². The van der Waals surface area contributed by atoms with E-state index in [-0.39, 0.29) is 23.5 Å². The Balaban J connectivity index is 1.88. The van der Waals surface area contributed by atoms with Gasteiger partial charge in [0, 0.05) is 43.2 Å². The van der Waals surface area contributed by atoms with Crippen LogP contribution in [0.15, 0.2) is 91.7 Å². The fourth-order valence-corrected chi connectivity index (χ4v) is 4.00. The van der Waals surface area contributed by atoms with Gasteiger partial charge in [0.1, 0.15) is 24.1 Å². The van der Waals surface area contributed by atoms with Crippen LogP contribution < -0.4 is 5.73 Å². The summed E-state index contributed by atoms with van der Waals surface area (Å²) in [5.41, 5.74) is 10.0. The summed E-state index contributed by atoms with van der Waals surface area (Å²) in [4.78, 5) is 15.9. The highest BCUT2D eigenvalue weighted by molar-refractivity contribution is 5.96. The lowest BCUT2D eigenvalue weighted by molar-refractivity contribution is 0.0827. The first-order chi connectivity index (χ1) is 16.4. The molecular weight excluding hydrogens is 428 g/mol. The number of nitrogens with two attached hydrogens (primary N) is 1. The Morgan fingerprint density at radius 1 is 1.00 bits per heavy atom. The van der Waals surface area contributed by atoms with Gasteiger partial charge in [-0.05, 0) is 41.0 Å². The van der Waals surface area contributed by atoms with E-state index in [1.807, 2.05) is 47.6 Å². The average Bonchev–Trinajstić information content (AvgIpc) is 2.85. The van der Waals surface area contributed by atoms with Crippen LogP contribution in [0.3, 0.4) is 0 Å². The molecule has 0 spiro atoms. The molecule has 0 aromatic heterocycles. The number of nitrogen functional groups attached to an aromatic ring is 1. The number of nitrogens with zero attached hydrogens (tertiary/aromatic N) is 2. The van der Waals surface area contributed by atoms with E-state index < -0.39 is 0 Å². The number of phenols is 1. The molecule has 7 nitrogen and oxygen atoms in total. The number of amides is 1. The number of benzene rings is 3. The Morgan fingerprint density at radius 2 is 1.68 bits per heavy atom. The minimum Gasteiger partial charge on any atom is -0.507 e. The highest BCUT2D eigenvalue weighted by Crippen LogP contribution is 2.41. The lowest BCUT2D eigenvalue weighted by Gasteiger charge is -2.31. The molecule has 172 valence electrons. The molecule has 7 heteroatoms. The maximum Gasteiger partial charge on any atom is 0.253 e. The summed E-state index contributed by atoms with van der Waals surface area (Å²) in [5.74, 6) is -0.00671. The molecule has 4 rings (SSSR count). The third-order valence-corrected chi connectivity index (χ3v) is 5.63. The standard InChI is InChI=1S/C27H26N4O3/c1-30(2)27(33)19-11-9-18(10-12-19)25(31-13-15-34-16-14-31)22-7-4-8-23(32)24(22)20-5-3-6-21(17-20)26(28)29/h3-17,25,32H,1-2H3,(H3,28,29). The van der Waals surface area contributed by atoms with E-state index >= 15 is 0 Å². The number of carbonyl (C=O) groups is 1. The van der Waals surface area contributed by atoms with E-state index in [1.165, 1.54) is 4.90 Å². The fraction of sp³-hybridized carbons (Fsp3) is 0.111. The van der Waals surface area contributed by atoms with E-state index in [4.69, 9.17) is 15.9 Å². The van der Waals surface area contributed by atoms with Gasteiger partial charge in [-0.25, -0.2) is 0 Å². The molecule has 1 atom stereocenters. The van der Waals surface area contributed by atoms with Gasteiger partial charge in [-0.2, -0.15) is 0 Å². The van der Waals surface area contributed by atoms with Gasteiger partial charge in [-0.15, -0.1) is 0 Å². The number of aromatic hydroxyl groups is 1. The Hall–Kier alpha value is -4.52. The Kier molecular flexibility index (Phi) is 6.36. The second-order valence-electron chi connectivity index (χ2n) is 8.11. The molecule has 34 heavy (non-hydrogen) atoms. The summed E-state index contributed by atoms with van der Waals surface area (Å²) >= 11 is 0. The third kappa shape index (κ3) is 4.49. The van der Waals surface area contributed by atoms with Gasteiger partial charge in [-0.1, -0.05) is 42.5 Å². The number of rotatable bonds is 6. The molecule has 0 saturated heterocycles. The minimum atomic E-state index is -0.331. The Labute approximate surface area is 198 Å². The van der Waals surface area contributed by atoms with Crippen LogP contribution in [0.5, 0.6) is 5.75 Å². The van der Waals surface area contributed by atoms with Crippen molar-refractivity contribution in [3.8, 4) is 16.9 Å². The van der Waals surface area contributed by atoms with Crippen LogP contribution in [0.25, 0.3) is 11.1 Å². The molecule has 1 unspecified atom stereocenters. The molecule has 0 fully saturated rings. The molecule has 0 radical (unpaired) electrons. The van der Waals surface area contributed by atoms with Crippen molar-refractivity contribution in [2.75, 3.05) is 14.1 Å². The second kappa shape index (κ2) is 9.54. The summed E-state index contributed by atoms with van der Waals surface area (Å²) in [6.07, 6.45) is 6.78. The third-order valence-electron chi connectivity index (χ3n) is 5.63. The van der Waals surface area contributed by atoms with Gasteiger partial charge in [-0.3, -0.25) is 10.2 Å². The molecule has 0 saturated carbocycles. The number of phenolic OH excluding ortho intramolecular Hbond substituents is 1. The normalized spacial score (nSPS) is 13.3. The smallest absolute Gasteiger partial charge is 0.253 e. The lowest BCUT2D eigenvalue weighted by atomic mass is 9.88. The second-order valence-corrected chi connectivity index (χ2v) is 8.11. The van der Waals surface area contributed by atoms with Crippen molar-refractivity contribution >= 4 is 11.7 Å². The number of hydrogen-bond acceptors (Lipinski definition) is 5. The van der Waals surface area contributed by atoms with Crippen LogP contribution in [0.2, 0.25) is 0 Å². The first-order valence-corrected chi connectivity index (χ1v) is 10.7. The van der Waals surface area contributed by atoms with Crippen molar-refractivity contribution in [2.45, 2.75) is 6.04 Å². The summed E-state index contributed by atoms with van der Waals surface area (Å²) in [6.45, 7) is 0.